The van der Waals surface area contributed by atoms with E-state index in [2.05, 4.69) is 10.0 Å². The van der Waals surface area contributed by atoms with Crippen LogP contribution in [0, 0.1) is 0 Å². The van der Waals surface area contributed by atoms with Crippen LogP contribution in [-0.4, -0.2) is 0 Å². The highest BCUT2D eigenvalue weighted by Gasteiger charge is 2.35. The van der Waals surface area contributed by atoms with Crippen LogP contribution in [0.5, 0.6) is 28.7 Å². The Morgan fingerprint density at radius 1 is 0.458 bits per heavy atom. The van der Waals surface area contributed by atoms with Crippen molar-refractivity contribution in [3.63, 3.8) is 0 Å². The molecule has 0 radical (unpaired) electrons. The molecule has 0 saturated carbocycles. The van der Waals surface area contributed by atoms with Crippen LogP contribution in [0.3, 0.4) is 0 Å². The molecule has 0 fully saturated rings. The van der Waals surface area contributed by atoms with Gasteiger partial charge in [-0.2, -0.15) is 0 Å². The Hall–Kier alpha value is -7.61. The van der Waals surface area contributed by atoms with Crippen LogP contribution in [0.4, 0.5) is 0 Å². The summed E-state index contributed by atoms with van der Waals surface area (Å²) >= 11 is 0. The van der Waals surface area contributed by atoms with Crippen LogP contribution >= 0.6 is 0 Å². The predicted octanol–water partition coefficient (Wildman–Crippen LogP) is 12.3. The van der Waals surface area contributed by atoms with E-state index in [1.807, 2.05) is 170 Å². The Morgan fingerprint density at radius 3 is 1.39 bits per heavy atom. The molecule has 1 aliphatic rings. The van der Waals surface area contributed by atoms with Crippen LogP contribution in [0.1, 0.15) is 45.0 Å². The van der Waals surface area contributed by atoms with Gasteiger partial charge in [-0.25, -0.2) is 0 Å². The summed E-state index contributed by atoms with van der Waals surface area (Å²) in [6, 6.07) is 58.7. The van der Waals surface area contributed by atoms with Gasteiger partial charge in [0.15, 0.2) is 23.4 Å². The Bertz CT molecular complexity index is 2530. The number of hydrogen-bond donors (Lipinski definition) is 0. The summed E-state index contributed by atoms with van der Waals surface area (Å²) in [5, 5.41) is 4.29. The third-order valence-corrected chi connectivity index (χ3v) is 9.60. The molecule has 8 rings (SSSR count). The van der Waals surface area contributed by atoms with E-state index in [-0.39, 0.29) is 18.9 Å². The molecule has 9 nitrogen and oxygen atoms in total. The third kappa shape index (κ3) is 9.86. The van der Waals surface area contributed by atoms with Gasteiger partial charge in [0.25, 0.3) is 0 Å². The Kier molecular flexibility index (Phi) is 12.3. The van der Waals surface area contributed by atoms with Crippen molar-refractivity contribution >= 4 is 5.70 Å². The van der Waals surface area contributed by atoms with Gasteiger partial charge in [0.2, 0.25) is 0 Å². The number of ether oxygens (including phenoxy) is 6. The summed E-state index contributed by atoms with van der Waals surface area (Å²) in [7, 11) is 0. The quantitative estimate of drug-likeness (QED) is 0.0518. The van der Waals surface area contributed by atoms with Gasteiger partial charge in [-0.3, -0.25) is 0 Å². The first kappa shape index (κ1) is 38.3. The molecule has 0 aliphatic carbocycles. The summed E-state index contributed by atoms with van der Waals surface area (Å²) in [4.78, 5) is 3.30. The molecule has 0 unspecified atom stereocenters. The van der Waals surface area contributed by atoms with Gasteiger partial charge in [0, 0.05) is 22.6 Å². The highest BCUT2D eigenvalue weighted by Crippen LogP contribution is 2.50. The first-order valence-corrected chi connectivity index (χ1v) is 19.3. The molecule has 0 N–H and O–H groups in total. The van der Waals surface area contributed by atoms with Crippen molar-refractivity contribution in [3.8, 4) is 28.7 Å². The zero-order valence-electron chi connectivity index (χ0n) is 32.2. The molecule has 1 atom stereocenters. The van der Waals surface area contributed by atoms with Crippen LogP contribution in [0.15, 0.2) is 193 Å². The summed E-state index contributed by atoms with van der Waals surface area (Å²) in [5.74, 6) is 2.70. The van der Waals surface area contributed by atoms with E-state index in [1.54, 1.807) is 12.1 Å². The van der Waals surface area contributed by atoms with Crippen molar-refractivity contribution in [2.24, 2.45) is 5.11 Å². The lowest BCUT2D eigenvalue weighted by Crippen LogP contribution is -2.20. The minimum absolute atomic E-state index is 0.184. The zero-order valence-corrected chi connectivity index (χ0v) is 32.2. The molecule has 1 aliphatic heterocycles. The van der Waals surface area contributed by atoms with Gasteiger partial charge in [0.1, 0.15) is 50.3 Å². The van der Waals surface area contributed by atoms with E-state index >= 15 is 0 Å². The SMILES string of the molecule is [N-]=[N+]=NC1=C(OCc2ccccc2)[C@@H](c2ccc(OCc3ccccc3)c(OCc3ccccc3)c2)Oc2cc(OCc3ccccc3)cc(OCc3ccccc3)c21. The lowest BCUT2D eigenvalue weighted by atomic mass is 9.98. The first-order chi connectivity index (χ1) is 29.2. The summed E-state index contributed by atoms with van der Waals surface area (Å²) in [6.45, 7) is 1.40. The van der Waals surface area contributed by atoms with Gasteiger partial charge in [-0.15, -0.1) is 0 Å². The van der Waals surface area contributed by atoms with E-state index < -0.39 is 6.10 Å². The molecule has 0 amide bonds. The second-order valence-corrected chi connectivity index (χ2v) is 13.8. The Morgan fingerprint density at radius 2 is 0.898 bits per heavy atom. The van der Waals surface area contributed by atoms with Crippen molar-refractivity contribution in [1.82, 2.24) is 0 Å². The zero-order chi connectivity index (χ0) is 40.1. The van der Waals surface area contributed by atoms with Gasteiger partial charge < -0.3 is 28.4 Å². The number of rotatable bonds is 17. The van der Waals surface area contributed by atoms with Crippen LogP contribution in [0.2, 0.25) is 0 Å². The molecule has 7 aromatic carbocycles. The molecular weight excluding hydrogens is 739 g/mol. The predicted molar refractivity (Wildman–Crippen MR) is 227 cm³/mol. The molecular formula is C50H41N3O6. The molecule has 7 aromatic rings. The van der Waals surface area contributed by atoms with Crippen molar-refractivity contribution in [1.29, 1.82) is 0 Å². The molecule has 0 saturated heterocycles. The second kappa shape index (κ2) is 19.0. The van der Waals surface area contributed by atoms with Gasteiger partial charge >= 0.3 is 0 Å². The minimum Gasteiger partial charge on any atom is -0.489 e. The maximum Gasteiger partial charge on any atom is 0.181 e. The highest BCUT2D eigenvalue weighted by molar-refractivity contribution is 5.79. The highest BCUT2D eigenvalue weighted by atomic mass is 16.5. The van der Waals surface area contributed by atoms with Crippen LogP contribution < -0.4 is 23.7 Å². The number of azide groups is 1. The van der Waals surface area contributed by atoms with Crippen LogP contribution in [0.25, 0.3) is 16.1 Å². The number of hydrogen-bond acceptors (Lipinski definition) is 7. The van der Waals surface area contributed by atoms with E-state index in [0.717, 1.165) is 27.8 Å². The smallest absolute Gasteiger partial charge is 0.181 e. The van der Waals surface area contributed by atoms with E-state index in [9.17, 15) is 5.53 Å². The standard InChI is InChI=1S/C50H41N3O6/c51-53-52-48-47-45(57-34-39-22-12-4-13-23-39)29-42(54-31-36-16-6-1-7-17-36)30-46(47)59-49(50(48)58-35-40-24-14-5-15-25-40)41-26-27-43(55-32-37-18-8-2-9-19-37)44(28-41)56-33-38-20-10-3-11-21-38/h1-30,49H,31-35H2/t49-/m1/s1. The topological polar surface area (TPSA) is 104 Å². The monoisotopic (exact) mass is 779 g/mol. The molecule has 0 spiro atoms. The Labute approximate surface area is 343 Å². The van der Waals surface area contributed by atoms with E-state index in [4.69, 9.17) is 28.4 Å². The summed E-state index contributed by atoms with van der Waals surface area (Å²) in [5.41, 5.74) is 16.4. The second-order valence-electron chi connectivity index (χ2n) is 13.8. The first-order valence-electron chi connectivity index (χ1n) is 19.3. The lowest BCUT2D eigenvalue weighted by molar-refractivity contribution is 0.104. The van der Waals surface area contributed by atoms with Gasteiger partial charge in [0.05, 0.1) is 11.3 Å². The molecule has 0 bridgehead atoms. The maximum atomic E-state index is 10.1. The summed E-state index contributed by atoms with van der Waals surface area (Å²) in [6.07, 6.45) is -0.875. The largest absolute Gasteiger partial charge is 0.489 e. The van der Waals surface area contributed by atoms with Gasteiger partial charge in [-0.05, 0) is 45.5 Å². The normalized spacial score (nSPS) is 13.0. The van der Waals surface area contributed by atoms with Crippen molar-refractivity contribution in [3.05, 3.63) is 237 Å². The molecule has 1 heterocycles. The van der Waals surface area contributed by atoms with Crippen molar-refractivity contribution < 1.29 is 28.4 Å². The Balaban J connectivity index is 1.22. The van der Waals surface area contributed by atoms with Crippen molar-refractivity contribution in [2.45, 2.75) is 39.1 Å². The maximum absolute atomic E-state index is 10.1. The third-order valence-electron chi connectivity index (χ3n) is 9.60. The fourth-order valence-electron chi connectivity index (χ4n) is 6.63. The van der Waals surface area contributed by atoms with E-state index in [0.29, 0.717) is 65.5 Å². The summed E-state index contributed by atoms with van der Waals surface area (Å²) < 4.78 is 39.3. The van der Waals surface area contributed by atoms with Gasteiger partial charge in [-0.1, -0.05) is 163 Å². The minimum atomic E-state index is -0.875. The molecule has 59 heavy (non-hydrogen) atoms. The fourth-order valence-corrected chi connectivity index (χ4v) is 6.63. The average Bonchev–Trinajstić information content (AvgIpc) is 3.30. The molecule has 0 aromatic heterocycles. The number of benzene rings is 7. The number of fused-ring (bicyclic) bond motifs is 1. The van der Waals surface area contributed by atoms with Crippen molar-refractivity contribution in [2.75, 3.05) is 0 Å². The lowest BCUT2D eigenvalue weighted by Gasteiger charge is -2.31. The van der Waals surface area contributed by atoms with E-state index in [1.165, 1.54) is 0 Å². The molecule has 292 valence electrons. The molecule has 9 heteroatoms. The number of nitrogens with zero attached hydrogens (tertiary/aromatic N) is 3. The van der Waals surface area contributed by atoms with Crippen LogP contribution in [-0.2, 0) is 37.8 Å². The average molecular weight is 780 g/mol. The fraction of sp³-hybridized carbons (Fsp3) is 0.120.